The molecule has 1 N–H and O–H groups in total. The number of ether oxygens (including phenoxy) is 1. The first-order valence-corrected chi connectivity index (χ1v) is 9.65. The molecule has 0 aliphatic heterocycles. The molecule has 0 bridgehead atoms. The topological polar surface area (TPSA) is 110 Å². The minimum absolute atomic E-state index is 0.00604. The first kappa shape index (κ1) is 22.8. The van der Waals surface area contributed by atoms with Crippen molar-refractivity contribution in [2.75, 3.05) is 4.90 Å². The van der Waals surface area contributed by atoms with E-state index < -0.39 is 28.6 Å². The summed E-state index contributed by atoms with van der Waals surface area (Å²) in [5, 5.41) is 19.8. The second-order valence-corrected chi connectivity index (χ2v) is 7.27. The Bertz CT molecular complexity index is 1200. The lowest BCUT2D eigenvalue weighted by atomic mass is 10.1. The third-order valence-electron chi connectivity index (χ3n) is 4.32. The van der Waals surface area contributed by atoms with Crippen molar-refractivity contribution in [1.82, 2.24) is 0 Å². The van der Waals surface area contributed by atoms with Crippen LogP contribution in [0.2, 0.25) is 0 Å². The molecule has 1 amide bonds. The Kier molecular flexibility index (Phi) is 6.79. The van der Waals surface area contributed by atoms with Crippen LogP contribution >= 0.6 is 15.9 Å². The van der Waals surface area contributed by atoms with Gasteiger partial charge in [0.25, 0.3) is 5.69 Å². The van der Waals surface area contributed by atoms with Gasteiger partial charge in [-0.25, -0.2) is 18.4 Å². The second-order valence-electron chi connectivity index (χ2n) is 6.41. The molecule has 0 aromatic heterocycles. The number of hydrogen-bond acceptors (Lipinski definition) is 5. The molecule has 32 heavy (non-hydrogen) atoms. The molecule has 0 heterocycles. The molecular formula is C21H13BrF2N2O6. The van der Waals surface area contributed by atoms with Crippen molar-refractivity contribution in [1.29, 1.82) is 0 Å². The highest BCUT2D eigenvalue weighted by atomic mass is 79.9. The van der Waals surface area contributed by atoms with Gasteiger partial charge in [0.2, 0.25) is 0 Å². The number of rotatable bonds is 6. The summed E-state index contributed by atoms with van der Waals surface area (Å²) in [6.45, 7) is -0.365. The van der Waals surface area contributed by atoms with Crippen LogP contribution < -0.4 is 9.64 Å². The molecule has 0 spiro atoms. The number of non-ortho nitro benzene ring substituents is 1. The maximum Gasteiger partial charge on any atom is 0.420 e. The number of amides is 1. The van der Waals surface area contributed by atoms with Crippen molar-refractivity contribution in [3.63, 3.8) is 0 Å². The van der Waals surface area contributed by atoms with Crippen molar-refractivity contribution in [3.05, 3.63) is 98.0 Å². The van der Waals surface area contributed by atoms with Crippen LogP contribution in [0, 0.1) is 21.7 Å². The largest absolute Gasteiger partial charge is 0.478 e. The minimum atomic E-state index is -1.31. The Labute approximate surface area is 187 Å². The maximum absolute atomic E-state index is 14.5. The smallest absolute Gasteiger partial charge is 0.420 e. The summed E-state index contributed by atoms with van der Waals surface area (Å²) in [6, 6.07) is 11.6. The van der Waals surface area contributed by atoms with E-state index in [1.165, 1.54) is 36.4 Å². The lowest BCUT2D eigenvalue weighted by Crippen LogP contribution is -2.33. The fourth-order valence-electron chi connectivity index (χ4n) is 2.68. The monoisotopic (exact) mass is 506 g/mol. The Morgan fingerprint density at radius 1 is 1.03 bits per heavy atom. The molecule has 8 nitrogen and oxygen atoms in total. The number of carboxylic acids is 1. The van der Waals surface area contributed by atoms with Crippen LogP contribution in [0.15, 0.2) is 65.1 Å². The van der Waals surface area contributed by atoms with Gasteiger partial charge >= 0.3 is 12.1 Å². The lowest BCUT2D eigenvalue weighted by molar-refractivity contribution is -0.384. The van der Waals surface area contributed by atoms with E-state index in [0.717, 1.165) is 29.2 Å². The molecule has 164 valence electrons. The molecule has 3 aromatic carbocycles. The molecule has 0 saturated carbocycles. The van der Waals surface area contributed by atoms with Gasteiger partial charge in [0, 0.05) is 23.4 Å². The van der Waals surface area contributed by atoms with E-state index in [0.29, 0.717) is 0 Å². The van der Waals surface area contributed by atoms with Gasteiger partial charge in [-0.1, -0.05) is 6.07 Å². The summed E-state index contributed by atoms with van der Waals surface area (Å²) in [4.78, 5) is 35.0. The maximum atomic E-state index is 14.5. The average Bonchev–Trinajstić information content (AvgIpc) is 2.75. The van der Waals surface area contributed by atoms with Gasteiger partial charge < -0.3 is 9.84 Å². The van der Waals surface area contributed by atoms with Crippen LogP contribution in [0.3, 0.4) is 0 Å². The number of carboxylic acid groups (broad SMARTS) is 1. The third-order valence-corrected chi connectivity index (χ3v) is 4.92. The van der Waals surface area contributed by atoms with Gasteiger partial charge in [0.15, 0.2) is 0 Å². The van der Waals surface area contributed by atoms with Gasteiger partial charge in [-0.05, 0) is 58.4 Å². The Balaban J connectivity index is 1.93. The molecule has 0 aliphatic rings. The summed E-state index contributed by atoms with van der Waals surface area (Å²) < 4.78 is 33.4. The lowest BCUT2D eigenvalue weighted by Gasteiger charge is -2.23. The Hall–Kier alpha value is -3.86. The van der Waals surface area contributed by atoms with Crippen LogP contribution in [0.4, 0.5) is 25.0 Å². The van der Waals surface area contributed by atoms with Crippen molar-refractivity contribution in [2.24, 2.45) is 0 Å². The number of aromatic carboxylic acids is 1. The summed E-state index contributed by atoms with van der Waals surface area (Å²) in [6.07, 6.45) is -0.973. The first-order chi connectivity index (χ1) is 15.2. The zero-order valence-electron chi connectivity index (χ0n) is 16.0. The van der Waals surface area contributed by atoms with Crippen molar-refractivity contribution in [3.8, 4) is 5.75 Å². The number of nitro groups is 1. The van der Waals surface area contributed by atoms with Crippen LogP contribution in [0.1, 0.15) is 15.9 Å². The number of hydrogen-bond donors (Lipinski definition) is 1. The van der Waals surface area contributed by atoms with Crippen molar-refractivity contribution >= 4 is 39.4 Å². The van der Waals surface area contributed by atoms with E-state index in [1.807, 2.05) is 0 Å². The molecular weight excluding hydrogens is 494 g/mol. The molecule has 0 fully saturated rings. The van der Waals surface area contributed by atoms with E-state index >= 15 is 0 Å². The van der Waals surface area contributed by atoms with Crippen molar-refractivity contribution in [2.45, 2.75) is 6.54 Å². The van der Waals surface area contributed by atoms with E-state index in [-0.39, 0.29) is 39.3 Å². The number of nitro benzene ring substituents is 1. The van der Waals surface area contributed by atoms with Crippen LogP contribution in [0.25, 0.3) is 0 Å². The summed E-state index contributed by atoms with van der Waals surface area (Å²) in [7, 11) is 0. The van der Waals surface area contributed by atoms with E-state index in [1.54, 1.807) is 0 Å². The number of nitrogens with zero attached hydrogens (tertiary/aromatic N) is 2. The van der Waals surface area contributed by atoms with E-state index in [4.69, 9.17) is 9.84 Å². The molecule has 11 heteroatoms. The highest BCUT2D eigenvalue weighted by Crippen LogP contribution is 2.27. The van der Waals surface area contributed by atoms with Gasteiger partial charge in [-0.2, -0.15) is 0 Å². The van der Waals surface area contributed by atoms with Gasteiger partial charge in [0.1, 0.15) is 17.4 Å². The number of halogens is 3. The predicted molar refractivity (Wildman–Crippen MR) is 113 cm³/mol. The third kappa shape index (κ3) is 5.24. The highest BCUT2D eigenvalue weighted by Gasteiger charge is 2.22. The summed E-state index contributed by atoms with van der Waals surface area (Å²) in [5.74, 6) is -2.77. The molecule has 0 saturated heterocycles. The molecule has 0 radical (unpaired) electrons. The van der Waals surface area contributed by atoms with Crippen LogP contribution in [0.5, 0.6) is 5.75 Å². The molecule has 0 atom stereocenters. The van der Waals surface area contributed by atoms with Gasteiger partial charge in [-0.3, -0.25) is 15.0 Å². The highest BCUT2D eigenvalue weighted by molar-refractivity contribution is 9.10. The Morgan fingerprint density at radius 2 is 1.72 bits per heavy atom. The van der Waals surface area contributed by atoms with Gasteiger partial charge in [0.05, 0.1) is 21.5 Å². The normalized spacial score (nSPS) is 10.5. The first-order valence-electron chi connectivity index (χ1n) is 8.86. The SMILES string of the molecule is O=C(O)c1ccc(CN(C(=O)Oc2ccc([N+](=O)[O-])cc2)c2ccc(F)c(Br)c2)c(F)c1. The van der Waals surface area contributed by atoms with Crippen LogP contribution in [-0.2, 0) is 6.54 Å². The van der Waals surface area contributed by atoms with E-state index in [9.17, 15) is 28.5 Å². The Morgan fingerprint density at radius 3 is 2.28 bits per heavy atom. The predicted octanol–water partition coefficient (Wildman–Crippen LogP) is 5.54. The number of anilines is 1. The summed E-state index contributed by atoms with van der Waals surface area (Å²) >= 11 is 3.02. The molecule has 0 unspecified atom stereocenters. The minimum Gasteiger partial charge on any atom is -0.478 e. The quantitative estimate of drug-likeness (QED) is 0.347. The van der Waals surface area contributed by atoms with Crippen LogP contribution in [-0.4, -0.2) is 22.1 Å². The average molecular weight is 507 g/mol. The van der Waals surface area contributed by atoms with Gasteiger partial charge in [-0.15, -0.1) is 0 Å². The summed E-state index contributed by atoms with van der Waals surface area (Å²) in [5.41, 5.74) is -0.330. The number of benzene rings is 3. The second kappa shape index (κ2) is 9.52. The van der Waals surface area contributed by atoms with E-state index in [2.05, 4.69) is 15.9 Å². The molecule has 0 aliphatic carbocycles. The molecule has 3 aromatic rings. The zero-order valence-corrected chi connectivity index (χ0v) is 17.6. The zero-order chi connectivity index (χ0) is 23.4. The number of carbonyl (C=O) groups is 2. The fourth-order valence-corrected chi connectivity index (χ4v) is 3.05. The number of carbonyl (C=O) groups excluding carboxylic acids is 1. The molecule has 3 rings (SSSR count). The fraction of sp³-hybridized carbons (Fsp3) is 0.0476. The standard InChI is InChI=1S/C21H13BrF2N2O6/c22-17-10-15(5-8-18(17)23)25(11-13-2-1-12(20(27)28)9-19(13)24)21(29)32-16-6-3-14(4-7-16)26(30)31/h1-10H,11H2,(H,27,28). The van der Waals surface area contributed by atoms with Crippen molar-refractivity contribution < 1.29 is 33.1 Å².